The molecule has 5 N–H and O–H groups in total. The summed E-state index contributed by atoms with van der Waals surface area (Å²) >= 11 is 5.37. The molecule has 1 atom stereocenters. The van der Waals surface area contributed by atoms with Crippen LogP contribution in [-0.4, -0.2) is 63.0 Å². The van der Waals surface area contributed by atoms with Crippen molar-refractivity contribution in [2.45, 2.75) is 12.5 Å². The largest absolute Gasteiger partial charge is 0.508 e. The van der Waals surface area contributed by atoms with E-state index in [0.717, 1.165) is 17.1 Å². The Hall–Kier alpha value is -6.00. The highest BCUT2D eigenvalue weighted by Crippen LogP contribution is 2.42. The molecule has 3 amide bonds. The Morgan fingerprint density at radius 3 is 2.44 bits per heavy atom. The van der Waals surface area contributed by atoms with Crippen molar-refractivity contribution < 1.29 is 33.8 Å². The fraction of sp³-hybridized carbons (Fsp3) is 0.125. The highest BCUT2D eigenvalue weighted by atomic mass is 32.1. The average Bonchev–Trinajstić information content (AvgIpc) is 3.31. The molecule has 2 aromatic rings. The van der Waals surface area contributed by atoms with Gasteiger partial charge in [0.2, 0.25) is 5.91 Å². The monoisotopic (exact) mass is 624 g/mol. The first-order valence-electron chi connectivity index (χ1n) is 13.4. The molecular weight excluding hydrogens is 600 g/mol. The molecule has 0 spiro atoms. The molecule has 45 heavy (non-hydrogen) atoms. The summed E-state index contributed by atoms with van der Waals surface area (Å²) < 4.78 is 5.86. The molecule has 13 heteroatoms. The van der Waals surface area contributed by atoms with Crippen molar-refractivity contribution in [3.8, 4) is 40.5 Å². The number of thiocarbonyl (C=S) groups is 1. The van der Waals surface area contributed by atoms with Gasteiger partial charge in [0.25, 0.3) is 11.8 Å². The average molecular weight is 625 g/mol. The number of carboxylic acid groups (broad SMARTS) is 1. The Labute approximate surface area is 260 Å². The minimum atomic E-state index is -1.25. The molecule has 0 unspecified atom stereocenters. The Morgan fingerprint density at radius 1 is 1.00 bits per heavy atom. The number of carbonyl (C=O) groups excluding carboxylic acids is 3. The van der Waals surface area contributed by atoms with Crippen LogP contribution in [0.4, 0.5) is 5.69 Å². The summed E-state index contributed by atoms with van der Waals surface area (Å²) in [6.07, 6.45) is 7.69. The molecule has 12 nitrogen and oxygen atoms in total. The maximum absolute atomic E-state index is 12.8. The van der Waals surface area contributed by atoms with E-state index in [4.69, 9.17) is 23.1 Å². The third-order valence-electron chi connectivity index (χ3n) is 6.93. The van der Waals surface area contributed by atoms with E-state index in [-0.39, 0.29) is 52.7 Å². The molecule has 2 heterocycles. The second kappa shape index (κ2) is 12.7. The van der Waals surface area contributed by atoms with Crippen LogP contribution in [0.15, 0.2) is 76.0 Å². The quantitative estimate of drug-likeness (QED) is 0.0800. The summed E-state index contributed by atoms with van der Waals surface area (Å²) in [4.78, 5) is 61.7. The van der Waals surface area contributed by atoms with Crippen molar-refractivity contribution in [1.29, 1.82) is 0 Å². The molecule has 0 radical (unpaired) electrons. The Balaban J connectivity index is 1.37. The van der Waals surface area contributed by atoms with Crippen molar-refractivity contribution in [3.05, 3.63) is 82.5 Å². The van der Waals surface area contributed by atoms with Crippen LogP contribution in [0.1, 0.15) is 16.8 Å². The van der Waals surface area contributed by atoms with Gasteiger partial charge in [-0.1, -0.05) is 6.07 Å². The summed E-state index contributed by atoms with van der Waals surface area (Å²) in [6, 6.07) is 12.2. The summed E-state index contributed by atoms with van der Waals surface area (Å²) in [5.41, 5.74) is 1.43. The molecular formula is C32H24N4O8S. The molecule has 0 bridgehead atoms. The normalized spacial score (nSPS) is 13.1. The second-order valence-electron chi connectivity index (χ2n) is 9.89. The highest BCUT2D eigenvalue weighted by Gasteiger charge is 2.25. The van der Waals surface area contributed by atoms with Crippen molar-refractivity contribution in [3.63, 3.8) is 0 Å². The number of aromatic hydroxyl groups is 1. The van der Waals surface area contributed by atoms with Crippen molar-refractivity contribution in [1.82, 2.24) is 15.5 Å². The number of carboxylic acids is 1. The topological polar surface area (TPSA) is 178 Å². The molecule has 0 saturated heterocycles. The van der Waals surface area contributed by atoms with Gasteiger partial charge < -0.3 is 30.6 Å². The highest BCUT2D eigenvalue weighted by molar-refractivity contribution is 7.80. The molecule has 5 rings (SSSR count). The Morgan fingerprint density at radius 2 is 1.73 bits per heavy atom. The fourth-order valence-electron chi connectivity index (χ4n) is 4.88. The van der Waals surface area contributed by atoms with E-state index in [2.05, 4.69) is 21.9 Å². The van der Waals surface area contributed by atoms with Crippen molar-refractivity contribution in [2.24, 2.45) is 0 Å². The lowest BCUT2D eigenvalue weighted by atomic mass is 9.90. The Kier molecular flexibility index (Phi) is 8.60. The number of terminal acetylenes is 1. The lowest BCUT2D eigenvalue weighted by Crippen LogP contribution is -2.49. The van der Waals surface area contributed by atoms with Crippen LogP contribution in [0.3, 0.4) is 0 Å². The number of amides is 3. The van der Waals surface area contributed by atoms with Gasteiger partial charge in [-0.3, -0.25) is 24.1 Å². The standard InChI is InChI=1S/C32H24N4O8S/c1-2-3-24(30(41)33-12-13-36-27(39)10-11-28(36)40)35-32(45)34-17-4-7-20(23(14-17)31(42)43)29-21-8-5-18(37)15-25(21)44-26-16-19(38)6-9-22(26)29/h1,4-11,14-16,24,37H,3,12-13H2,(H,33,41)(H,42,43)(H2,34,35,45)/t24-/m0/s1. The van der Waals surface area contributed by atoms with E-state index in [1.165, 1.54) is 30.3 Å². The first-order valence-corrected chi connectivity index (χ1v) is 13.9. The first kappa shape index (κ1) is 30.5. The predicted octanol–water partition coefficient (Wildman–Crippen LogP) is 2.69. The number of benzene rings is 3. The maximum atomic E-state index is 12.8. The van der Waals surface area contributed by atoms with Crippen LogP contribution in [0, 0.1) is 12.3 Å². The van der Waals surface area contributed by atoms with Crippen LogP contribution in [0.2, 0.25) is 0 Å². The maximum Gasteiger partial charge on any atom is 0.336 e. The smallest absolute Gasteiger partial charge is 0.336 e. The van der Waals surface area contributed by atoms with Crippen molar-refractivity contribution in [2.75, 3.05) is 18.4 Å². The van der Waals surface area contributed by atoms with E-state index in [9.17, 15) is 34.2 Å². The van der Waals surface area contributed by atoms with Gasteiger partial charge in [-0.15, -0.1) is 12.3 Å². The van der Waals surface area contributed by atoms with E-state index >= 15 is 0 Å². The lowest BCUT2D eigenvalue weighted by molar-refractivity contribution is -0.137. The molecule has 0 saturated carbocycles. The number of fused-ring (bicyclic) bond motifs is 2. The van der Waals surface area contributed by atoms with Crippen LogP contribution in [-0.2, 0) is 14.4 Å². The van der Waals surface area contributed by atoms with Gasteiger partial charge in [0.05, 0.1) is 5.56 Å². The molecule has 2 aromatic carbocycles. The first-order chi connectivity index (χ1) is 21.5. The summed E-state index contributed by atoms with van der Waals surface area (Å²) in [5, 5.41) is 29.0. The molecule has 0 fully saturated rings. The van der Waals surface area contributed by atoms with Gasteiger partial charge in [-0.05, 0) is 54.2 Å². The van der Waals surface area contributed by atoms with E-state index in [1.54, 1.807) is 24.3 Å². The van der Waals surface area contributed by atoms with E-state index in [1.807, 2.05) is 0 Å². The van der Waals surface area contributed by atoms with Crippen LogP contribution in [0.5, 0.6) is 5.75 Å². The number of imide groups is 1. The van der Waals surface area contributed by atoms with E-state index < -0.39 is 29.7 Å². The minimum Gasteiger partial charge on any atom is -0.508 e. The zero-order valence-corrected chi connectivity index (χ0v) is 24.1. The summed E-state index contributed by atoms with van der Waals surface area (Å²) in [6.45, 7) is -0.0261. The van der Waals surface area contributed by atoms with Gasteiger partial charge in [0, 0.05) is 66.0 Å². The SMILES string of the molecule is C#CC[C@H](NC(=S)Nc1ccc(-c2c3ccc(=O)cc-3oc3cc(O)ccc23)c(C(=O)O)c1)C(=O)NCCN1C(=O)C=CC1=O. The zero-order valence-electron chi connectivity index (χ0n) is 23.3. The van der Waals surface area contributed by atoms with Crippen molar-refractivity contribution >= 4 is 57.7 Å². The predicted molar refractivity (Wildman–Crippen MR) is 169 cm³/mol. The number of phenols is 1. The number of hydrogen-bond acceptors (Lipinski definition) is 8. The number of phenolic OH excluding ortho intramolecular Hbond substituents is 1. The molecule has 226 valence electrons. The van der Waals surface area contributed by atoms with Gasteiger partial charge >= 0.3 is 5.97 Å². The lowest BCUT2D eigenvalue weighted by Gasteiger charge is -2.21. The number of hydrogen-bond donors (Lipinski definition) is 5. The molecule has 3 aliphatic rings. The van der Waals surface area contributed by atoms with Crippen LogP contribution in [0.25, 0.3) is 33.4 Å². The van der Waals surface area contributed by atoms with Gasteiger partial charge in [0.1, 0.15) is 23.1 Å². The number of nitrogens with zero attached hydrogens (tertiary/aromatic N) is 1. The van der Waals surface area contributed by atoms with E-state index in [0.29, 0.717) is 27.8 Å². The third-order valence-corrected chi connectivity index (χ3v) is 7.15. The summed E-state index contributed by atoms with van der Waals surface area (Å²) in [7, 11) is 0. The molecule has 1 aliphatic carbocycles. The van der Waals surface area contributed by atoms with Crippen LogP contribution >= 0.6 is 12.2 Å². The number of rotatable bonds is 9. The summed E-state index contributed by atoms with van der Waals surface area (Å²) in [5.74, 6) is -0.170. The van der Waals surface area contributed by atoms with Crippen LogP contribution < -0.4 is 21.4 Å². The second-order valence-corrected chi connectivity index (χ2v) is 10.3. The van der Waals surface area contributed by atoms with Gasteiger partial charge in [-0.2, -0.15) is 0 Å². The fourth-order valence-corrected chi connectivity index (χ4v) is 5.14. The molecule has 2 aliphatic heterocycles. The minimum absolute atomic E-state index is 0.00372. The molecule has 0 aromatic heterocycles. The number of aromatic carboxylic acids is 1. The number of carbonyl (C=O) groups is 4. The number of nitrogens with one attached hydrogen (secondary N) is 3. The zero-order chi connectivity index (χ0) is 32.2. The van der Waals surface area contributed by atoms with Gasteiger partial charge in [0.15, 0.2) is 10.5 Å². The third kappa shape index (κ3) is 6.51. The number of anilines is 1. The van der Waals surface area contributed by atoms with Gasteiger partial charge in [-0.25, -0.2) is 4.79 Å². The Bertz CT molecular complexity index is 1980.